The number of nitrogens with zero attached hydrogens (tertiary/aromatic N) is 1. The van der Waals surface area contributed by atoms with Gasteiger partial charge in [-0.05, 0) is 6.92 Å². The van der Waals surface area contributed by atoms with Crippen molar-refractivity contribution in [3.63, 3.8) is 0 Å². The van der Waals surface area contributed by atoms with Crippen LogP contribution in [0.25, 0.3) is 11.3 Å². The van der Waals surface area contributed by atoms with E-state index in [0.29, 0.717) is 11.6 Å². The molecule has 0 aliphatic heterocycles. The molecule has 0 bridgehead atoms. The molecule has 3 nitrogen and oxygen atoms in total. The van der Waals surface area contributed by atoms with Gasteiger partial charge in [0.05, 0.1) is 12.3 Å². The summed E-state index contributed by atoms with van der Waals surface area (Å²) >= 11 is 1.31. The van der Waals surface area contributed by atoms with Crippen LogP contribution in [0.3, 0.4) is 0 Å². The number of thiazole rings is 1. The molecule has 0 spiro atoms. The topological polar surface area (TPSA) is 39.2 Å². The van der Waals surface area contributed by atoms with E-state index in [1.54, 1.807) is 6.92 Å². The number of esters is 1. The van der Waals surface area contributed by atoms with E-state index in [9.17, 15) is 4.79 Å². The van der Waals surface area contributed by atoms with Gasteiger partial charge in [0, 0.05) is 10.9 Å². The second-order valence-corrected chi connectivity index (χ2v) is 3.98. The zero-order chi connectivity index (χ0) is 13.4. The van der Waals surface area contributed by atoms with E-state index in [-0.39, 0.29) is 5.97 Å². The molecule has 0 saturated carbocycles. The molecule has 18 heavy (non-hydrogen) atoms. The highest BCUT2D eigenvalue weighted by atomic mass is 32.1. The van der Waals surface area contributed by atoms with Crippen LogP contribution >= 0.6 is 11.3 Å². The molecule has 96 valence electrons. The van der Waals surface area contributed by atoms with E-state index in [1.807, 2.05) is 49.6 Å². The minimum absolute atomic E-state index is 0.352. The van der Waals surface area contributed by atoms with Crippen molar-refractivity contribution in [2.24, 2.45) is 0 Å². The summed E-state index contributed by atoms with van der Waals surface area (Å²) in [6.45, 7) is 6.16. The highest BCUT2D eigenvalue weighted by Gasteiger charge is 2.12. The first-order valence-corrected chi connectivity index (χ1v) is 6.87. The maximum atomic E-state index is 11.4. The summed E-state index contributed by atoms with van der Waals surface area (Å²) in [4.78, 5) is 15.7. The van der Waals surface area contributed by atoms with Crippen LogP contribution in [0.15, 0.2) is 35.7 Å². The predicted molar refractivity (Wildman–Crippen MR) is 74.9 cm³/mol. The van der Waals surface area contributed by atoms with Gasteiger partial charge in [0.15, 0.2) is 0 Å². The van der Waals surface area contributed by atoms with Crippen LogP contribution < -0.4 is 0 Å². The van der Waals surface area contributed by atoms with E-state index < -0.39 is 0 Å². The predicted octanol–water partition coefficient (Wildman–Crippen LogP) is 4.01. The molecule has 0 atom stereocenters. The van der Waals surface area contributed by atoms with Gasteiger partial charge >= 0.3 is 5.97 Å². The van der Waals surface area contributed by atoms with Crippen molar-refractivity contribution < 1.29 is 9.53 Å². The second kappa shape index (κ2) is 7.61. The van der Waals surface area contributed by atoms with Crippen molar-refractivity contribution in [3.8, 4) is 11.3 Å². The Morgan fingerprint density at radius 2 is 1.94 bits per heavy atom. The van der Waals surface area contributed by atoms with Gasteiger partial charge in [-0.15, -0.1) is 11.3 Å². The molecule has 1 heterocycles. The lowest BCUT2D eigenvalue weighted by atomic mass is 10.2. The molecule has 1 aromatic carbocycles. The van der Waals surface area contributed by atoms with Crippen molar-refractivity contribution in [1.82, 2.24) is 4.98 Å². The molecule has 0 aliphatic carbocycles. The Hall–Kier alpha value is -1.68. The summed E-state index contributed by atoms with van der Waals surface area (Å²) in [5.74, 6) is -0.352. The second-order valence-electron chi connectivity index (χ2n) is 3.12. The third-order valence-electron chi connectivity index (χ3n) is 2.02. The fourth-order valence-corrected chi connectivity index (χ4v) is 2.02. The summed E-state index contributed by atoms with van der Waals surface area (Å²) in [5.41, 5.74) is 1.82. The van der Waals surface area contributed by atoms with Crippen LogP contribution in [0.2, 0.25) is 0 Å². The Morgan fingerprint density at radius 3 is 2.56 bits per heavy atom. The van der Waals surface area contributed by atoms with Gasteiger partial charge in [-0.2, -0.15) is 0 Å². The lowest BCUT2D eigenvalue weighted by Crippen LogP contribution is -2.03. The van der Waals surface area contributed by atoms with Gasteiger partial charge in [0.2, 0.25) is 5.01 Å². The van der Waals surface area contributed by atoms with E-state index in [0.717, 1.165) is 11.3 Å². The third-order valence-corrected chi connectivity index (χ3v) is 2.85. The standard InChI is InChI=1S/C12H11NO2S.C2H6/c1-2-15-12(14)11-13-10(8-16-11)9-6-4-3-5-7-9;1-2/h3-8H,2H2,1H3;1-2H3. The first kappa shape index (κ1) is 14.4. The van der Waals surface area contributed by atoms with Gasteiger partial charge in [-0.1, -0.05) is 44.2 Å². The number of carbonyl (C=O) groups excluding carboxylic acids is 1. The van der Waals surface area contributed by atoms with Crippen molar-refractivity contribution in [2.75, 3.05) is 6.61 Å². The van der Waals surface area contributed by atoms with Gasteiger partial charge in [-0.25, -0.2) is 9.78 Å². The Morgan fingerprint density at radius 1 is 1.28 bits per heavy atom. The first-order valence-electron chi connectivity index (χ1n) is 5.99. The molecule has 1 aromatic heterocycles. The number of rotatable bonds is 3. The molecule has 2 aromatic rings. The summed E-state index contributed by atoms with van der Waals surface area (Å²) in [6.07, 6.45) is 0. The summed E-state index contributed by atoms with van der Waals surface area (Å²) < 4.78 is 4.89. The van der Waals surface area contributed by atoms with Gasteiger partial charge in [0.1, 0.15) is 0 Å². The van der Waals surface area contributed by atoms with Crippen LogP contribution in [0.5, 0.6) is 0 Å². The quantitative estimate of drug-likeness (QED) is 0.785. The van der Waals surface area contributed by atoms with Crippen LogP contribution in [0.1, 0.15) is 30.6 Å². The van der Waals surface area contributed by atoms with E-state index in [4.69, 9.17) is 4.74 Å². The lowest BCUT2D eigenvalue weighted by molar-refractivity contribution is 0.0526. The van der Waals surface area contributed by atoms with Crippen LogP contribution in [0.4, 0.5) is 0 Å². The van der Waals surface area contributed by atoms with Crippen molar-refractivity contribution in [1.29, 1.82) is 0 Å². The molecular weight excluding hydrogens is 246 g/mol. The van der Waals surface area contributed by atoms with E-state index in [1.165, 1.54) is 11.3 Å². The average Bonchev–Trinajstić information content (AvgIpc) is 2.92. The van der Waals surface area contributed by atoms with Crippen LogP contribution in [0, 0.1) is 0 Å². The maximum Gasteiger partial charge on any atom is 0.367 e. The monoisotopic (exact) mass is 263 g/mol. The van der Waals surface area contributed by atoms with Gasteiger partial charge in [-0.3, -0.25) is 0 Å². The molecule has 0 fully saturated rings. The Bertz CT molecular complexity index is 480. The Labute approximate surface area is 111 Å². The SMILES string of the molecule is CC.CCOC(=O)c1nc(-c2ccccc2)cs1. The number of aromatic nitrogens is 1. The van der Waals surface area contributed by atoms with Crippen molar-refractivity contribution in [2.45, 2.75) is 20.8 Å². The van der Waals surface area contributed by atoms with Crippen LogP contribution in [-0.4, -0.2) is 17.6 Å². The van der Waals surface area contributed by atoms with Gasteiger partial charge in [0.25, 0.3) is 0 Å². The van der Waals surface area contributed by atoms with Crippen molar-refractivity contribution in [3.05, 3.63) is 40.7 Å². The molecule has 0 amide bonds. The largest absolute Gasteiger partial charge is 0.461 e. The zero-order valence-electron chi connectivity index (χ0n) is 10.8. The minimum atomic E-state index is -0.352. The minimum Gasteiger partial charge on any atom is -0.461 e. The summed E-state index contributed by atoms with van der Waals surface area (Å²) in [6, 6.07) is 9.76. The third kappa shape index (κ3) is 3.67. The average molecular weight is 263 g/mol. The fourth-order valence-electron chi connectivity index (χ4n) is 1.30. The first-order chi connectivity index (χ1) is 8.81. The molecule has 0 radical (unpaired) electrons. The highest BCUT2D eigenvalue weighted by Crippen LogP contribution is 2.21. The van der Waals surface area contributed by atoms with Crippen molar-refractivity contribution >= 4 is 17.3 Å². The lowest BCUT2D eigenvalue weighted by Gasteiger charge is -1.96. The zero-order valence-corrected chi connectivity index (χ0v) is 11.7. The molecule has 2 rings (SSSR count). The fraction of sp³-hybridized carbons (Fsp3) is 0.286. The number of ether oxygens (including phenoxy) is 1. The van der Waals surface area contributed by atoms with E-state index >= 15 is 0 Å². The van der Waals surface area contributed by atoms with E-state index in [2.05, 4.69) is 4.98 Å². The highest BCUT2D eigenvalue weighted by molar-refractivity contribution is 7.11. The molecule has 4 heteroatoms. The number of carbonyl (C=O) groups is 1. The molecule has 0 aliphatic rings. The molecule has 0 unspecified atom stereocenters. The van der Waals surface area contributed by atoms with Gasteiger partial charge < -0.3 is 4.74 Å². The summed E-state index contributed by atoms with van der Waals surface area (Å²) in [7, 11) is 0. The molecule has 0 N–H and O–H groups in total. The Balaban J connectivity index is 0.000000771. The molecular formula is C14H17NO2S. The molecule has 0 saturated heterocycles. The number of hydrogen-bond acceptors (Lipinski definition) is 4. The number of hydrogen-bond donors (Lipinski definition) is 0. The Kier molecular flexibility index (Phi) is 6.08. The number of benzene rings is 1. The maximum absolute atomic E-state index is 11.4. The van der Waals surface area contributed by atoms with Crippen LogP contribution in [-0.2, 0) is 4.74 Å². The summed E-state index contributed by atoms with van der Waals surface area (Å²) in [5, 5.41) is 2.27. The normalized spacial score (nSPS) is 9.28. The smallest absolute Gasteiger partial charge is 0.367 e.